The van der Waals surface area contributed by atoms with E-state index in [9.17, 15) is 9.59 Å². The number of hydrogen-bond donors (Lipinski definition) is 1. The second-order valence-corrected chi connectivity index (χ2v) is 6.99. The minimum Gasteiger partial charge on any atom is -0.489 e. The summed E-state index contributed by atoms with van der Waals surface area (Å²) in [6.45, 7) is 6.28. The Bertz CT molecular complexity index is 1120. The molecule has 2 heterocycles. The maximum atomic E-state index is 13.0. The lowest BCUT2D eigenvalue weighted by atomic mass is 10.1. The van der Waals surface area contributed by atoms with Crippen molar-refractivity contribution in [3.63, 3.8) is 0 Å². The third-order valence-electron chi connectivity index (χ3n) is 4.68. The topological polar surface area (TPSA) is 97.1 Å². The quantitative estimate of drug-likeness (QED) is 0.716. The van der Waals surface area contributed by atoms with Crippen LogP contribution in [0.3, 0.4) is 0 Å². The smallest absolute Gasteiger partial charge is 0.332 e. The Kier molecular flexibility index (Phi) is 4.93. The molecule has 1 aromatic carbocycles. The molecule has 0 spiro atoms. The van der Waals surface area contributed by atoms with Gasteiger partial charge >= 0.3 is 5.69 Å². The average molecular weight is 371 g/mol. The number of benzene rings is 1. The lowest BCUT2D eigenvalue weighted by molar-refractivity contribution is 0.225. The van der Waals surface area contributed by atoms with Gasteiger partial charge in [-0.25, -0.2) is 9.78 Å². The predicted octanol–water partition coefficient (Wildman–Crippen LogP) is 0.825. The number of ether oxygens (including phenoxy) is 1. The molecule has 0 saturated heterocycles. The van der Waals surface area contributed by atoms with Gasteiger partial charge in [0.05, 0.1) is 12.9 Å². The molecule has 8 heteroatoms. The monoisotopic (exact) mass is 371 g/mol. The molecule has 1 atom stereocenters. The molecule has 0 saturated carbocycles. The largest absolute Gasteiger partial charge is 0.489 e. The Balaban J connectivity index is 2.20. The predicted molar refractivity (Wildman–Crippen MR) is 104 cm³/mol. The van der Waals surface area contributed by atoms with Crippen molar-refractivity contribution < 1.29 is 4.74 Å². The van der Waals surface area contributed by atoms with Crippen molar-refractivity contribution >= 4 is 11.2 Å². The van der Waals surface area contributed by atoms with Gasteiger partial charge in [-0.2, -0.15) is 0 Å². The fourth-order valence-corrected chi connectivity index (χ4v) is 3.28. The standard InChI is InChI=1S/C19H25N5O3/c1-11-6-12(2)16(27-13(3)8-20)14(7-11)9-24-18(25)15-17(21-10-22(15)4)23(5)19(24)26/h6-7,10,13H,8-9,20H2,1-5H3. The van der Waals surface area contributed by atoms with E-state index >= 15 is 0 Å². The molecular formula is C19H25N5O3. The van der Waals surface area contributed by atoms with Gasteiger partial charge in [0.15, 0.2) is 11.2 Å². The fraction of sp³-hybridized carbons (Fsp3) is 0.421. The van der Waals surface area contributed by atoms with Crippen molar-refractivity contribution in [3.8, 4) is 5.75 Å². The minimum atomic E-state index is -0.414. The molecule has 0 amide bonds. The van der Waals surface area contributed by atoms with E-state index in [0.29, 0.717) is 23.5 Å². The zero-order chi connectivity index (χ0) is 19.9. The summed E-state index contributed by atoms with van der Waals surface area (Å²) in [5, 5.41) is 0. The van der Waals surface area contributed by atoms with Crippen molar-refractivity contribution in [1.82, 2.24) is 18.7 Å². The summed E-state index contributed by atoms with van der Waals surface area (Å²) in [4.78, 5) is 29.9. The third-order valence-corrected chi connectivity index (χ3v) is 4.68. The van der Waals surface area contributed by atoms with Crippen molar-refractivity contribution in [1.29, 1.82) is 0 Å². The Morgan fingerprint density at radius 1 is 1.22 bits per heavy atom. The molecule has 3 rings (SSSR count). The van der Waals surface area contributed by atoms with Crippen LogP contribution in [0.15, 0.2) is 28.0 Å². The van der Waals surface area contributed by atoms with Crippen molar-refractivity contribution in [2.24, 2.45) is 19.8 Å². The molecule has 2 N–H and O–H groups in total. The highest BCUT2D eigenvalue weighted by Crippen LogP contribution is 2.27. The Labute approximate surface area is 156 Å². The van der Waals surface area contributed by atoms with E-state index in [2.05, 4.69) is 4.98 Å². The van der Waals surface area contributed by atoms with Crippen LogP contribution in [-0.4, -0.2) is 31.3 Å². The van der Waals surface area contributed by atoms with E-state index in [4.69, 9.17) is 10.5 Å². The molecule has 0 aliphatic rings. The van der Waals surface area contributed by atoms with E-state index < -0.39 is 5.69 Å². The number of aromatic nitrogens is 4. The lowest BCUT2D eigenvalue weighted by Gasteiger charge is -2.20. The Morgan fingerprint density at radius 3 is 2.59 bits per heavy atom. The normalized spacial score (nSPS) is 12.5. The van der Waals surface area contributed by atoms with Crippen LogP contribution in [0.1, 0.15) is 23.6 Å². The van der Waals surface area contributed by atoms with Crippen LogP contribution in [0.5, 0.6) is 5.75 Å². The maximum Gasteiger partial charge on any atom is 0.332 e. The highest BCUT2D eigenvalue weighted by Gasteiger charge is 2.18. The van der Waals surface area contributed by atoms with Gasteiger partial charge in [0, 0.05) is 26.2 Å². The molecule has 0 radical (unpaired) electrons. The summed E-state index contributed by atoms with van der Waals surface area (Å²) < 4.78 is 10.2. The molecule has 0 aliphatic heterocycles. The second kappa shape index (κ2) is 7.03. The van der Waals surface area contributed by atoms with Crippen molar-refractivity contribution in [3.05, 3.63) is 56.0 Å². The van der Waals surface area contributed by atoms with Gasteiger partial charge < -0.3 is 15.0 Å². The van der Waals surface area contributed by atoms with Gasteiger partial charge in [-0.3, -0.25) is 13.9 Å². The van der Waals surface area contributed by atoms with Crippen LogP contribution in [0.4, 0.5) is 0 Å². The highest BCUT2D eigenvalue weighted by molar-refractivity contribution is 5.69. The molecule has 0 bridgehead atoms. The average Bonchev–Trinajstić information content (AvgIpc) is 3.01. The van der Waals surface area contributed by atoms with Crippen molar-refractivity contribution in [2.45, 2.75) is 33.4 Å². The summed E-state index contributed by atoms with van der Waals surface area (Å²) in [6, 6.07) is 3.94. The van der Waals surface area contributed by atoms with Crippen LogP contribution in [-0.2, 0) is 20.6 Å². The maximum absolute atomic E-state index is 13.0. The third kappa shape index (κ3) is 3.28. The first-order chi connectivity index (χ1) is 12.7. The Morgan fingerprint density at radius 2 is 1.93 bits per heavy atom. The minimum absolute atomic E-state index is 0.113. The zero-order valence-electron chi connectivity index (χ0n) is 16.3. The number of hydrogen-bond acceptors (Lipinski definition) is 5. The number of nitrogens with zero attached hydrogens (tertiary/aromatic N) is 4. The molecule has 0 fully saturated rings. The molecule has 0 aliphatic carbocycles. The summed E-state index contributed by atoms with van der Waals surface area (Å²) in [6.07, 6.45) is 1.36. The van der Waals surface area contributed by atoms with E-state index in [-0.39, 0.29) is 18.2 Å². The number of imidazole rings is 1. The van der Waals surface area contributed by atoms with Gasteiger partial charge in [0.2, 0.25) is 0 Å². The molecule has 8 nitrogen and oxygen atoms in total. The molecule has 3 aromatic rings. The summed E-state index contributed by atoms with van der Waals surface area (Å²) in [5.74, 6) is 0.664. The SMILES string of the molecule is Cc1cc(C)c(OC(C)CN)c(Cn2c(=O)c3c(ncn3C)n(C)c2=O)c1. The molecule has 144 valence electrons. The highest BCUT2D eigenvalue weighted by atomic mass is 16.5. The van der Waals surface area contributed by atoms with Gasteiger partial charge in [0.1, 0.15) is 11.9 Å². The summed E-state index contributed by atoms with van der Waals surface area (Å²) >= 11 is 0. The molecular weight excluding hydrogens is 346 g/mol. The molecule has 1 unspecified atom stereocenters. The van der Waals surface area contributed by atoms with Gasteiger partial charge in [-0.1, -0.05) is 17.7 Å². The number of aryl methyl sites for hydroxylation is 4. The Hall–Kier alpha value is -2.87. The summed E-state index contributed by atoms with van der Waals surface area (Å²) in [5.41, 5.74) is 8.41. The first-order valence-electron chi connectivity index (χ1n) is 8.82. The molecule has 27 heavy (non-hydrogen) atoms. The van der Waals surface area contributed by atoms with E-state index in [0.717, 1.165) is 16.7 Å². The van der Waals surface area contributed by atoms with Gasteiger partial charge in [-0.15, -0.1) is 0 Å². The molecule has 2 aromatic heterocycles. The first-order valence-corrected chi connectivity index (χ1v) is 8.82. The number of rotatable bonds is 5. The van der Waals surface area contributed by atoms with Gasteiger partial charge in [0.25, 0.3) is 5.56 Å². The van der Waals surface area contributed by atoms with E-state index in [1.165, 1.54) is 15.5 Å². The number of fused-ring (bicyclic) bond motifs is 1. The van der Waals surface area contributed by atoms with Crippen LogP contribution >= 0.6 is 0 Å². The number of nitrogens with two attached hydrogens (primary N) is 1. The van der Waals surface area contributed by atoms with Crippen LogP contribution in [0.25, 0.3) is 11.2 Å². The zero-order valence-corrected chi connectivity index (χ0v) is 16.3. The van der Waals surface area contributed by atoms with Gasteiger partial charge in [-0.05, 0) is 26.3 Å². The van der Waals surface area contributed by atoms with Crippen LogP contribution in [0, 0.1) is 13.8 Å². The van der Waals surface area contributed by atoms with E-state index in [1.54, 1.807) is 18.7 Å². The van der Waals surface area contributed by atoms with Crippen LogP contribution in [0.2, 0.25) is 0 Å². The van der Waals surface area contributed by atoms with Crippen molar-refractivity contribution in [2.75, 3.05) is 6.54 Å². The second-order valence-electron chi connectivity index (χ2n) is 6.99. The lowest BCUT2D eigenvalue weighted by Crippen LogP contribution is -2.40. The first kappa shape index (κ1) is 18.9. The summed E-state index contributed by atoms with van der Waals surface area (Å²) in [7, 11) is 3.35. The van der Waals surface area contributed by atoms with Crippen LogP contribution < -0.4 is 21.7 Å². The fourth-order valence-electron chi connectivity index (χ4n) is 3.28. The van der Waals surface area contributed by atoms with E-state index in [1.807, 2.05) is 32.9 Å².